The van der Waals surface area contributed by atoms with E-state index in [9.17, 15) is 13.5 Å². The standard InChI is InChI=1S/C21H28N4O5S/c1-29-19-9-13-4-2-3-5-17(13)21(19)25-20-11-15(6-7-23-20)30-16-8-14(18(26)10-16)12-24-31(22,27)28/h2-7,11,14,16,18-19,21,24,26H,8-10,12H2,1H3,(H,23,25)(H2,22,27,28)/t14-,16+,18-,19-,21+/m0/s1. The Bertz CT molecular complexity index is 1020. The van der Waals surface area contributed by atoms with E-state index in [0.717, 1.165) is 6.42 Å². The third-order valence-electron chi connectivity index (χ3n) is 5.98. The first-order chi connectivity index (χ1) is 14.8. The largest absolute Gasteiger partial charge is 0.490 e. The highest BCUT2D eigenvalue weighted by Gasteiger charge is 2.35. The lowest BCUT2D eigenvalue weighted by atomic mass is 10.1. The topological polar surface area (TPSA) is 136 Å². The third-order valence-corrected chi connectivity index (χ3v) is 6.55. The Morgan fingerprint density at radius 1 is 1.26 bits per heavy atom. The summed E-state index contributed by atoms with van der Waals surface area (Å²) in [5.74, 6) is 1.06. The number of nitrogens with one attached hydrogen (secondary N) is 2. The number of methoxy groups -OCH3 is 1. The molecule has 0 aliphatic heterocycles. The van der Waals surface area contributed by atoms with E-state index in [-0.39, 0.29) is 30.7 Å². The number of nitrogens with zero attached hydrogens (tertiary/aromatic N) is 1. The van der Waals surface area contributed by atoms with Crippen molar-refractivity contribution >= 4 is 16.0 Å². The number of aromatic nitrogens is 1. The zero-order chi connectivity index (χ0) is 22.0. The minimum atomic E-state index is -3.79. The van der Waals surface area contributed by atoms with Crippen LogP contribution in [0.25, 0.3) is 0 Å². The molecule has 1 saturated carbocycles. The summed E-state index contributed by atoms with van der Waals surface area (Å²) < 4.78 is 36.2. The van der Waals surface area contributed by atoms with Crippen LogP contribution in [0, 0.1) is 5.92 Å². The van der Waals surface area contributed by atoms with E-state index in [1.54, 1.807) is 19.4 Å². The van der Waals surface area contributed by atoms with Gasteiger partial charge in [-0.3, -0.25) is 0 Å². The van der Waals surface area contributed by atoms with E-state index >= 15 is 0 Å². The molecule has 10 heteroatoms. The normalized spacial score (nSPS) is 27.8. The van der Waals surface area contributed by atoms with Gasteiger partial charge in [-0.15, -0.1) is 0 Å². The van der Waals surface area contributed by atoms with Crippen molar-refractivity contribution in [1.29, 1.82) is 0 Å². The molecule has 0 bridgehead atoms. The summed E-state index contributed by atoms with van der Waals surface area (Å²) in [6, 6.07) is 11.9. The maximum atomic E-state index is 11.1. The van der Waals surface area contributed by atoms with Crippen LogP contribution < -0.4 is 19.9 Å². The molecule has 5 atom stereocenters. The zero-order valence-electron chi connectivity index (χ0n) is 17.3. The van der Waals surface area contributed by atoms with Crippen molar-refractivity contribution < 1.29 is 23.0 Å². The number of fused-ring (bicyclic) bond motifs is 1. The number of benzene rings is 1. The van der Waals surface area contributed by atoms with E-state index in [2.05, 4.69) is 27.2 Å². The molecule has 31 heavy (non-hydrogen) atoms. The molecule has 2 aliphatic carbocycles. The number of ether oxygens (including phenoxy) is 2. The lowest BCUT2D eigenvalue weighted by Gasteiger charge is -2.22. The summed E-state index contributed by atoms with van der Waals surface area (Å²) in [7, 11) is -2.07. The van der Waals surface area contributed by atoms with Crippen LogP contribution in [0.4, 0.5) is 5.82 Å². The van der Waals surface area contributed by atoms with Gasteiger partial charge >= 0.3 is 0 Å². The van der Waals surface area contributed by atoms with Crippen LogP contribution in [0.15, 0.2) is 42.6 Å². The molecule has 5 N–H and O–H groups in total. The SMILES string of the molecule is CO[C@H]1Cc2ccccc2[C@H]1Nc1cc(O[C@@H]2C[C@@H](CNS(N)(=O)=O)[C@@H](O)C2)ccn1. The van der Waals surface area contributed by atoms with Crippen LogP contribution in [0.1, 0.15) is 30.0 Å². The minimum absolute atomic E-state index is 0.00841. The summed E-state index contributed by atoms with van der Waals surface area (Å²) in [5.41, 5.74) is 2.46. The highest BCUT2D eigenvalue weighted by atomic mass is 32.2. The van der Waals surface area contributed by atoms with E-state index < -0.39 is 16.3 Å². The minimum Gasteiger partial charge on any atom is -0.490 e. The molecule has 1 aromatic heterocycles. The van der Waals surface area contributed by atoms with Crippen LogP contribution in [-0.4, -0.2) is 50.5 Å². The molecule has 0 saturated heterocycles. The Kier molecular flexibility index (Phi) is 6.44. The second-order valence-corrected chi connectivity index (χ2v) is 9.49. The number of hydrogen-bond donors (Lipinski definition) is 4. The van der Waals surface area contributed by atoms with Gasteiger partial charge in [0.2, 0.25) is 0 Å². The maximum Gasteiger partial charge on any atom is 0.274 e. The molecule has 1 aromatic carbocycles. The Morgan fingerprint density at radius 3 is 2.84 bits per heavy atom. The van der Waals surface area contributed by atoms with Gasteiger partial charge in [-0.25, -0.2) is 14.8 Å². The second kappa shape index (κ2) is 9.09. The average Bonchev–Trinajstić information content (AvgIpc) is 3.26. The van der Waals surface area contributed by atoms with Crippen LogP contribution in [0.5, 0.6) is 5.75 Å². The summed E-state index contributed by atoms with van der Waals surface area (Å²) in [4.78, 5) is 4.42. The first-order valence-corrected chi connectivity index (χ1v) is 11.8. The monoisotopic (exact) mass is 448 g/mol. The maximum absolute atomic E-state index is 11.1. The fraction of sp³-hybridized carbons (Fsp3) is 0.476. The zero-order valence-corrected chi connectivity index (χ0v) is 18.1. The Hall–Kier alpha value is -2.24. The quantitative estimate of drug-likeness (QED) is 0.475. The van der Waals surface area contributed by atoms with Crippen LogP contribution in [0.2, 0.25) is 0 Å². The predicted molar refractivity (Wildman–Crippen MR) is 116 cm³/mol. The molecule has 2 aromatic rings. The fourth-order valence-corrected chi connectivity index (χ4v) is 4.90. The van der Waals surface area contributed by atoms with Crippen molar-refractivity contribution in [2.75, 3.05) is 19.0 Å². The van der Waals surface area contributed by atoms with Gasteiger partial charge in [0.05, 0.1) is 18.2 Å². The third kappa shape index (κ3) is 5.34. The van der Waals surface area contributed by atoms with Gasteiger partial charge in [-0.1, -0.05) is 24.3 Å². The molecule has 1 fully saturated rings. The van der Waals surface area contributed by atoms with Crippen LogP contribution in [-0.2, 0) is 21.4 Å². The average molecular weight is 449 g/mol. The molecule has 1 heterocycles. The predicted octanol–water partition coefficient (Wildman–Crippen LogP) is 1.12. The van der Waals surface area contributed by atoms with E-state index in [4.69, 9.17) is 14.6 Å². The van der Waals surface area contributed by atoms with Crippen molar-refractivity contribution in [1.82, 2.24) is 9.71 Å². The highest BCUT2D eigenvalue weighted by molar-refractivity contribution is 7.87. The lowest BCUT2D eigenvalue weighted by Crippen LogP contribution is -2.36. The van der Waals surface area contributed by atoms with Crippen LogP contribution in [0.3, 0.4) is 0 Å². The smallest absolute Gasteiger partial charge is 0.274 e. The van der Waals surface area contributed by atoms with E-state index in [1.165, 1.54) is 11.1 Å². The molecule has 0 unspecified atom stereocenters. The Morgan fingerprint density at radius 2 is 2.06 bits per heavy atom. The van der Waals surface area contributed by atoms with Crippen molar-refractivity contribution in [3.8, 4) is 5.75 Å². The van der Waals surface area contributed by atoms with E-state index in [0.29, 0.717) is 24.4 Å². The number of hydrogen-bond acceptors (Lipinski definition) is 7. The second-order valence-electron chi connectivity index (χ2n) is 8.11. The number of pyridine rings is 1. The van der Waals surface area contributed by atoms with Crippen molar-refractivity contribution in [3.63, 3.8) is 0 Å². The van der Waals surface area contributed by atoms with Gasteiger partial charge in [0.1, 0.15) is 17.7 Å². The van der Waals surface area contributed by atoms with Gasteiger partial charge in [0.25, 0.3) is 10.2 Å². The molecule has 9 nitrogen and oxygen atoms in total. The number of anilines is 1. The molecule has 168 valence electrons. The number of aliphatic hydroxyl groups excluding tert-OH is 1. The summed E-state index contributed by atoms with van der Waals surface area (Å²) in [6.45, 7) is 0.0858. The first kappa shape index (κ1) is 22.0. The molecule has 4 rings (SSSR count). The Labute approximate surface area is 182 Å². The van der Waals surface area contributed by atoms with Crippen molar-refractivity contribution in [2.24, 2.45) is 11.1 Å². The molecule has 0 amide bonds. The van der Waals surface area contributed by atoms with Gasteiger partial charge in [-0.2, -0.15) is 8.42 Å². The number of nitrogens with two attached hydrogens (primary N) is 1. The molecular formula is C21H28N4O5S. The number of aliphatic hydroxyl groups is 1. The molecule has 2 aliphatic rings. The van der Waals surface area contributed by atoms with Crippen molar-refractivity contribution in [2.45, 2.75) is 43.6 Å². The summed E-state index contributed by atoms with van der Waals surface area (Å²) in [5, 5.41) is 18.7. The molecule has 0 radical (unpaired) electrons. The summed E-state index contributed by atoms with van der Waals surface area (Å²) in [6.07, 6.45) is 2.59. The molecule has 0 spiro atoms. The van der Waals surface area contributed by atoms with Gasteiger partial charge < -0.3 is 19.9 Å². The number of rotatable bonds is 8. The van der Waals surface area contributed by atoms with Gasteiger partial charge in [0.15, 0.2) is 0 Å². The summed E-state index contributed by atoms with van der Waals surface area (Å²) >= 11 is 0. The lowest BCUT2D eigenvalue weighted by molar-refractivity contribution is 0.0959. The highest BCUT2D eigenvalue weighted by Crippen LogP contribution is 2.36. The van der Waals surface area contributed by atoms with Gasteiger partial charge in [0, 0.05) is 44.7 Å². The van der Waals surface area contributed by atoms with Crippen molar-refractivity contribution in [3.05, 3.63) is 53.7 Å². The Balaban J connectivity index is 1.40. The fourth-order valence-electron chi connectivity index (χ4n) is 4.46. The van der Waals surface area contributed by atoms with Crippen LogP contribution >= 0.6 is 0 Å². The van der Waals surface area contributed by atoms with E-state index in [1.807, 2.05) is 18.2 Å². The molecular weight excluding hydrogens is 420 g/mol. The first-order valence-electron chi connectivity index (χ1n) is 10.3. The van der Waals surface area contributed by atoms with Gasteiger partial charge in [-0.05, 0) is 23.6 Å².